The van der Waals surface area contributed by atoms with Gasteiger partial charge in [-0.2, -0.15) is 5.26 Å². The van der Waals surface area contributed by atoms with Crippen molar-refractivity contribution in [1.29, 1.82) is 5.26 Å². The molecule has 1 aliphatic heterocycles. The Labute approximate surface area is 151 Å². The summed E-state index contributed by atoms with van der Waals surface area (Å²) in [5.41, 5.74) is -0.127. The van der Waals surface area contributed by atoms with Gasteiger partial charge >= 0.3 is 6.09 Å². The highest BCUT2D eigenvalue weighted by Crippen LogP contribution is 2.28. The maximum atomic E-state index is 12.2. The fourth-order valence-electron chi connectivity index (χ4n) is 2.80. The summed E-state index contributed by atoms with van der Waals surface area (Å²) in [5, 5.41) is 30.0. The summed E-state index contributed by atoms with van der Waals surface area (Å²) < 4.78 is 5.36. The quantitative estimate of drug-likeness (QED) is 0.644. The van der Waals surface area contributed by atoms with Gasteiger partial charge in [-0.25, -0.2) is 4.79 Å². The van der Waals surface area contributed by atoms with Crippen molar-refractivity contribution in [2.24, 2.45) is 0 Å². The van der Waals surface area contributed by atoms with E-state index in [2.05, 4.69) is 0 Å². The molecule has 2 rings (SSSR count). The summed E-state index contributed by atoms with van der Waals surface area (Å²) in [5.74, 6) is 0. The Bertz CT molecular complexity index is 738. The number of nitrogens with zero attached hydrogens (tertiary/aromatic N) is 4. The van der Waals surface area contributed by atoms with Crippen molar-refractivity contribution in [2.45, 2.75) is 32.4 Å². The second-order valence-corrected chi connectivity index (χ2v) is 7.03. The first-order valence-corrected chi connectivity index (χ1v) is 8.20. The van der Waals surface area contributed by atoms with Crippen LogP contribution in [-0.4, -0.2) is 58.9 Å². The number of amides is 1. The highest BCUT2D eigenvalue weighted by atomic mass is 16.6. The van der Waals surface area contributed by atoms with Gasteiger partial charge in [0, 0.05) is 31.8 Å². The molecule has 1 amide bonds. The van der Waals surface area contributed by atoms with Crippen molar-refractivity contribution in [1.82, 2.24) is 4.90 Å². The molecule has 1 aliphatic rings. The fraction of sp³-hybridized carbons (Fsp3) is 0.529. The number of rotatable bonds is 3. The van der Waals surface area contributed by atoms with Gasteiger partial charge in [-0.05, 0) is 26.8 Å². The third kappa shape index (κ3) is 4.40. The summed E-state index contributed by atoms with van der Waals surface area (Å²) in [4.78, 5) is 25.9. The molecule has 0 bridgehead atoms. The first kappa shape index (κ1) is 19.5. The van der Waals surface area contributed by atoms with Crippen molar-refractivity contribution in [3.8, 4) is 6.07 Å². The van der Waals surface area contributed by atoms with Gasteiger partial charge in [0.15, 0.2) is 0 Å². The van der Waals surface area contributed by atoms with E-state index in [0.717, 1.165) is 0 Å². The smallest absolute Gasteiger partial charge is 0.410 e. The van der Waals surface area contributed by atoms with Gasteiger partial charge in [0.2, 0.25) is 0 Å². The number of hydrogen-bond acceptors (Lipinski definition) is 7. The first-order valence-electron chi connectivity index (χ1n) is 8.20. The lowest BCUT2D eigenvalue weighted by molar-refractivity contribution is -0.384. The van der Waals surface area contributed by atoms with Crippen LogP contribution < -0.4 is 4.90 Å². The monoisotopic (exact) mass is 362 g/mol. The Morgan fingerprint density at radius 2 is 2.15 bits per heavy atom. The van der Waals surface area contributed by atoms with E-state index in [4.69, 9.17) is 4.74 Å². The van der Waals surface area contributed by atoms with Crippen LogP contribution in [0.1, 0.15) is 26.3 Å². The van der Waals surface area contributed by atoms with Crippen LogP contribution in [0, 0.1) is 21.4 Å². The largest absolute Gasteiger partial charge is 0.444 e. The molecule has 9 nitrogen and oxygen atoms in total. The highest BCUT2D eigenvalue weighted by Gasteiger charge is 2.33. The number of piperazine rings is 1. The second-order valence-electron chi connectivity index (χ2n) is 7.03. The van der Waals surface area contributed by atoms with Crippen LogP contribution in [0.4, 0.5) is 16.2 Å². The van der Waals surface area contributed by atoms with Crippen molar-refractivity contribution in [2.75, 3.05) is 31.1 Å². The van der Waals surface area contributed by atoms with E-state index < -0.39 is 22.7 Å². The Morgan fingerprint density at radius 3 is 2.69 bits per heavy atom. The predicted octanol–water partition coefficient (Wildman–Crippen LogP) is 1.88. The minimum absolute atomic E-state index is 0.156. The van der Waals surface area contributed by atoms with Crippen molar-refractivity contribution >= 4 is 17.5 Å². The number of hydrogen-bond donors (Lipinski definition) is 1. The van der Waals surface area contributed by atoms with E-state index in [0.29, 0.717) is 18.8 Å². The molecule has 1 aromatic carbocycles. The molecule has 1 fully saturated rings. The van der Waals surface area contributed by atoms with Crippen LogP contribution >= 0.6 is 0 Å². The zero-order valence-electron chi connectivity index (χ0n) is 15.0. The number of nitriles is 1. The van der Waals surface area contributed by atoms with E-state index in [-0.39, 0.29) is 24.4 Å². The van der Waals surface area contributed by atoms with Crippen molar-refractivity contribution in [3.63, 3.8) is 0 Å². The van der Waals surface area contributed by atoms with E-state index in [1.807, 2.05) is 6.07 Å². The molecule has 0 aliphatic carbocycles. The molecular weight excluding hydrogens is 340 g/mol. The van der Waals surface area contributed by atoms with Gasteiger partial charge in [0.05, 0.1) is 28.8 Å². The molecule has 1 N–H and O–H groups in total. The first-order chi connectivity index (χ1) is 12.2. The number of nitro groups is 1. The van der Waals surface area contributed by atoms with Crippen LogP contribution in [0.25, 0.3) is 0 Å². The lowest BCUT2D eigenvalue weighted by Crippen LogP contribution is -2.57. The van der Waals surface area contributed by atoms with E-state index in [1.165, 1.54) is 23.1 Å². The van der Waals surface area contributed by atoms with Gasteiger partial charge in [-0.3, -0.25) is 10.1 Å². The minimum Gasteiger partial charge on any atom is -0.444 e. The molecule has 1 saturated heterocycles. The number of carbonyl (C=O) groups excluding carboxylic acids is 1. The third-order valence-corrected chi connectivity index (χ3v) is 3.97. The van der Waals surface area contributed by atoms with Crippen LogP contribution in [0.5, 0.6) is 0 Å². The molecule has 0 saturated carbocycles. The molecule has 0 unspecified atom stereocenters. The van der Waals surface area contributed by atoms with E-state index >= 15 is 0 Å². The second kappa shape index (κ2) is 7.58. The molecule has 0 spiro atoms. The zero-order valence-corrected chi connectivity index (χ0v) is 15.0. The topological polar surface area (TPSA) is 120 Å². The number of non-ortho nitro benzene ring substituents is 1. The molecule has 26 heavy (non-hydrogen) atoms. The Hall–Kier alpha value is -2.86. The van der Waals surface area contributed by atoms with E-state index in [1.54, 1.807) is 25.7 Å². The summed E-state index contributed by atoms with van der Waals surface area (Å²) >= 11 is 0. The van der Waals surface area contributed by atoms with Crippen LogP contribution in [-0.2, 0) is 4.74 Å². The zero-order chi connectivity index (χ0) is 19.5. The minimum atomic E-state index is -0.616. The maximum absolute atomic E-state index is 12.2. The summed E-state index contributed by atoms with van der Waals surface area (Å²) in [6.07, 6.45) is -0.459. The molecule has 140 valence electrons. The van der Waals surface area contributed by atoms with Gasteiger partial charge in [0.1, 0.15) is 11.7 Å². The molecule has 9 heteroatoms. The number of aliphatic hydroxyl groups excluding tert-OH is 1. The normalized spacial score (nSPS) is 17.6. The fourth-order valence-corrected chi connectivity index (χ4v) is 2.80. The highest BCUT2D eigenvalue weighted by molar-refractivity contribution is 5.69. The maximum Gasteiger partial charge on any atom is 0.410 e. The number of ether oxygens (including phenoxy) is 1. The summed E-state index contributed by atoms with van der Waals surface area (Å²) in [6.45, 7) is 6.06. The van der Waals surface area contributed by atoms with Crippen molar-refractivity contribution < 1.29 is 19.6 Å². The molecule has 1 aromatic rings. The molecule has 1 heterocycles. The van der Waals surface area contributed by atoms with Crippen LogP contribution in [0.3, 0.4) is 0 Å². The molecular formula is C17H22N4O5. The number of anilines is 1. The number of nitro benzene ring substituents is 1. The van der Waals surface area contributed by atoms with Gasteiger partial charge in [-0.15, -0.1) is 0 Å². The Balaban J connectivity index is 2.21. The number of benzene rings is 1. The number of aliphatic hydroxyl groups is 1. The third-order valence-electron chi connectivity index (χ3n) is 3.97. The Kier molecular flexibility index (Phi) is 5.67. The SMILES string of the molecule is CC(C)(C)OC(=O)N1CCN(c2ccc([N+](=O)[O-])cc2C#N)[C@H](CO)C1. The van der Waals surface area contributed by atoms with Crippen LogP contribution in [0.15, 0.2) is 18.2 Å². The average Bonchev–Trinajstić information content (AvgIpc) is 2.59. The lowest BCUT2D eigenvalue weighted by Gasteiger charge is -2.42. The number of carbonyl (C=O) groups is 1. The average molecular weight is 362 g/mol. The molecule has 1 atom stereocenters. The van der Waals surface area contributed by atoms with Crippen LogP contribution in [0.2, 0.25) is 0 Å². The standard InChI is InChI=1S/C17H22N4O5/c1-17(2,3)26-16(23)19-6-7-20(14(10-19)11-22)15-5-4-13(21(24)25)8-12(15)9-18/h4-5,8,14,22H,6-7,10-11H2,1-3H3/t14-/m0/s1. The Morgan fingerprint density at radius 1 is 1.46 bits per heavy atom. The predicted molar refractivity (Wildman–Crippen MR) is 93.8 cm³/mol. The van der Waals surface area contributed by atoms with Gasteiger partial charge < -0.3 is 19.6 Å². The molecule has 0 aromatic heterocycles. The van der Waals surface area contributed by atoms with Gasteiger partial charge in [0.25, 0.3) is 5.69 Å². The lowest BCUT2D eigenvalue weighted by atomic mass is 10.1. The summed E-state index contributed by atoms with van der Waals surface area (Å²) in [6, 6.07) is 5.56. The molecule has 0 radical (unpaired) electrons. The van der Waals surface area contributed by atoms with Gasteiger partial charge in [-0.1, -0.05) is 0 Å². The van der Waals surface area contributed by atoms with E-state index in [9.17, 15) is 25.3 Å². The van der Waals surface area contributed by atoms with Crippen molar-refractivity contribution in [3.05, 3.63) is 33.9 Å². The summed E-state index contributed by atoms with van der Waals surface area (Å²) in [7, 11) is 0.